The van der Waals surface area contributed by atoms with Crippen LogP contribution in [0.1, 0.15) is 6.42 Å². The van der Waals surface area contributed by atoms with Crippen molar-refractivity contribution in [3.8, 4) is 5.75 Å². The first kappa shape index (κ1) is 15.3. The predicted octanol–water partition coefficient (Wildman–Crippen LogP) is 3.58. The molecule has 0 radical (unpaired) electrons. The Morgan fingerprint density at radius 3 is 2.62 bits per heavy atom. The highest BCUT2D eigenvalue weighted by atomic mass is 79.9. The highest BCUT2D eigenvalue weighted by molar-refractivity contribution is 9.10. The van der Waals surface area contributed by atoms with Crippen LogP contribution >= 0.6 is 15.9 Å². The van der Waals surface area contributed by atoms with E-state index in [1.165, 1.54) is 12.1 Å². The molecule has 0 aromatic heterocycles. The summed E-state index contributed by atoms with van der Waals surface area (Å²) < 4.78 is 19.4. The second kappa shape index (κ2) is 7.08. The fourth-order valence-electron chi connectivity index (χ4n) is 1.64. The molecule has 0 saturated carbocycles. The summed E-state index contributed by atoms with van der Waals surface area (Å²) in [5.41, 5.74) is 6.84. The standard InChI is InChI=1S/C15H14BrFN2O2/c16-10-1-6-14(13(17)9-10)21-8-7-15(20)19-12-4-2-11(18)3-5-12/h1-6,9H,7-8,18H2,(H,19,20). The number of ether oxygens (including phenoxy) is 1. The Balaban J connectivity index is 1.80. The number of amides is 1. The van der Waals surface area contributed by atoms with E-state index in [0.717, 1.165) is 0 Å². The fourth-order valence-corrected chi connectivity index (χ4v) is 1.97. The molecule has 3 N–H and O–H groups in total. The zero-order valence-electron chi connectivity index (χ0n) is 11.1. The molecule has 0 spiro atoms. The number of hydrogen-bond donors (Lipinski definition) is 2. The number of anilines is 2. The van der Waals surface area contributed by atoms with Gasteiger partial charge in [0.15, 0.2) is 11.6 Å². The van der Waals surface area contributed by atoms with Gasteiger partial charge >= 0.3 is 0 Å². The summed E-state index contributed by atoms with van der Waals surface area (Å²) in [5.74, 6) is -0.556. The topological polar surface area (TPSA) is 64.3 Å². The summed E-state index contributed by atoms with van der Waals surface area (Å²) in [6.07, 6.45) is 0.125. The predicted molar refractivity (Wildman–Crippen MR) is 83.7 cm³/mol. The Hall–Kier alpha value is -2.08. The lowest BCUT2D eigenvalue weighted by atomic mass is 10.3. The normalized spacial score (nSPS) is 10.2. The van der Waals surface area contributed by atoms with E-state index in [2.05, 4.69) is 21.2 Å². The van der Waals surface area contributed by atoms with E-state index < -0.39 is 5.82 Å². The highest BCUT2D eigenvalue weighted by Crippen LogP contribution is 2.21. The maximum Gasteiger partial charge on any atom is 0.227 e. The number of carbonyl (C=O) groups is 1. The van der Waals surface area contributed by atoms with Gasteiger partial charge in [-0.1, -0.05) is 15.9 Å². The molecule has 0 heterocycles. The molecule has 110 valence electrons. The van der Waals surface area contributed by atoms with Gasteiger partial charge in [0.25, 0.3) is 0 Å². The number of nitrogen functional groups attached to an aromatic ring is 1. The summed E-state index contributed by atoms with van der Waals surface area (Å²) in [4.78, 5) is 11.7. The highest BCUT2D eigenvalue weighted by Gasteiger charge is 2.06. The molecule has 0 saturated heterocycles. The van der Waals surface area contributed by atoms with Crippen molar-refractivity contribution in [2.45, 2.75) is 6.42 Å². The Morgan fingerprint density at radius 1 is 1.24 bits per heavy atom. The maximum atomic E-state index is 13.5. The van der Waals surface area contributed by atoms with E-state index in [1.54, 1.807) is 30.3 Å². The van der Waals surface area contributed by atoms with Crippen LogP contribution in [0.15, 0.2) is 46.9 Å². The van der Waals surface area contributed by atoms with Gasteiger partial charge in [-0.15, -0.1) is 0 Å². The molecule has 0 aliphatic carbocycles. The van der Waals surface area contributed by atoms with Gasteiger partial charge in [-0.2, -0.15) is 0 Å². The average molecular weight is 353 g/mol. The zero-order chi connectivity index (χ0) is 15.2. The molecule has 0 atom stereocenters. The molecule has 1 amide bonds. The van der Waals surface area contributed by atoms with Crippen molar-refractivity contribution in [3.63, 3.8) is 0 Å². The summed E-state index contributed by atoms with van der Waals surface area (Å²) in [6.45, 7) is 0.0966. The van der Waals surface area contributed by atoms with Gasteiger partial charge in [0.1, 0.15) is 0 Å². The molecule has 4 nitrogen and oxygen atoms in total. The number of hydrogen-bond acceptors (Lipinski definition) is 3. The van der Waals surface area contributed by atoms with Gasteiger partial charge in [-0.25, -0.2) is 4.39 Å². The lowest BCUT2D eigenvalue weighted by molar-refractivity contribution is -0.116. The Kier molecular flexibility index (Phi) is 5.16. The van der Waals surface area contributed by atoms with Crippen LogP contribution in [0, 0.1) is 5.82 Å². The van der Waals surface area contributed by atoms with Crippen molar-refractivity contribution in [2.24, 2.45) is 0 Å². The number of carbonyl (C=O) groups excluding carboxylic acids is 1. The van der Waals surface area contributed by atoms with Crippen molar-refractivity contribution >= 4 is 33.2 Å². The maximum absolute atomic E-state index is 13.5. The van der Waals surface area contributed by atoms with E-state index in [4.69, 9.17) is 10.5 Å². The van der Waals surface area contributed by atoms with Crippen LogP contribution in [-0.2, 0) is 4.79 Å². The number of halogens is 2. The number of rotatable bonds is 5. The largest absolute Gasteiger partial charge is 0.490 e. The monoisotopic (exact) mass is 352 g/mol. The van der Waals surface area contributed by atoms with Gasteiger partial charge in [0.05, 0.1) is 13.0 Å². The first-order chi connectivity index (χ1) is 10.0. The van der Waals surface area contributed by atoms with Crippen LogP contribution in [0.4, 0.5) is 15.8 Å². The SMILES string of the molecule is Nc1ccc(NC(=O)CCOc2ccc(Br)cc2F)cc1. The zero-order valence-corrected chi connectivity index (χ0v) is 12.7. The van der Waals surface area contributed by atoms with E-state index in [1.807, 2.05) is 0 Å². The van der Waals surface area contributed by atoms with Crippen LogP contribution < -0.4 is 15.8 Å². The minimum atomic E-state index is -0.469. The molecule has 0 aliphatic rings. The number of nitrogens with one attached hydrogen (secondary N) is 1. The van der Waals surface area contributed by atoms with Crippen LogP contribution in [0.25, 0.3) is 0 Å². The minimum Gasteiger partial charge on any atom is -0.490 e. The second-order valence-corrected chi connectivity index (χ2v) is 5.26. The quantitative estimate of drug-likeness (QED) is 0.808. The van der Waals surface area contributed by atoms with E-state index in [0.29, 0.717) is 15.8 Å². The van der Waals surface area contributed by atoms with Crippen molar-refractivity contribution < 1.29 is 13.9 Å². The molecule has 6 heteroatoms. The third-order valence-corrected chi connectivity index (χ3v) is 3.17. The molecular weight excluding hydrogens is 339 g/mol. The second-order valence-electron chi connectivity index (χ2n) is 4.34. The number of nitrogens with two attached hydrogens (primary N) is 1. The van der Waals surface area contributed by atoms with Gasteiger partial charge < -0.3 is 15.8 Å². The van der Waals surface area contributed by atoms with Crippen LogP contribution in [0.2, 0.25) is 0 Å². The Labute approximate surface area is 130 Å². The van der Waals surface area contributed by atoms with E-state index >= 15 is 0 Å². The van der Waals surface area contributed by atoms with Crippen LogP contribution in [0.5, 0.6) is 5.75 Å². The number of benzene rings is 2. The van der Waals surface area contributed by atoms with Gasteiger partial charge in [-0.3, -0.25) is 4.79 Å². The van der Waals surface area contributed by atoms with E-state index in [9.17, 15) is 9.18 Å². The van der Waals surface area contributed by atoms with Crippen LogP contribution in [-0.4, -0.2) is 12.5 Å². The Bertz CT molecular complexity index is 632. The van der Waals surface area contributed by atoms with E-state index in [-0.39, 0.29) is 24.7 Å². The molecule has 0 fully saturated rings. The molecular formula is C15H14BrFN2O2. The minimum absolute atomic E-state index is 0.0966. The molecule has 21 heavy (non-hydrogen) atoms. The van der Waals surface area contributed by atoms with Gasteiger partial charge in [0.2, 0.25) is 5.91 Å². The van der Waals surface area contributed by atoms with Crippen molar-refractivity contribution in [1.29, 1.82) is 0 Å². The molecule has 2 rings (SSSR count). The van der Waals surface area contributed by atoms with Crippen molar-refractivity contribution in [1.82, 2.24) is 0 Å². The van der Waals surface area contributed by atoms with Crippen molar-refractivity contribution in [3.05, 3.63) is 52.8 Å². The summed E-state index contributed by atoms with van der Waals surface area (Å²) in [5, 5.41) is 2.70. The summed E-state index contributed by atoms with van der Waals surface area (Å²) in [6, 6.07) is 11.3. The summed E-state index contributed by atoms with van der Waals surface area (Å²) >= 11 is 3.16. The molecule has 0 unspecified atom stereocenters. The van der Waals surface area contributed by atoms with Gasteiger partial charge in [-0.05, 0) is 42.5 Å². The van der Waals surface area contributed by atoms with Gasteiger partial charge in [0, 0.05) is 15.8 Å². The first-order valence-electron chi connectivity index (χ1n) is 6.28. The molecule has 0 bridgehead atoms. The Morgan fingerprint density at radius 2 is 1.95 bits per heavy atom. The van der Waals surface area contributed by atoms with Crippen LogP contribution in [0.3, 0.4) is 0 Å². The smallest absolute Gasteiger partial charge is 0.227 e. The van der Waals surface area contributed by atoms with Crippen molar-refractivity contribution in [2.75, 3.05) is 17.7 Å². The molecule has 2 aromatic carbocycles. The third kappa shape index (κ3) is 4.75. The molecule has 0 aliphatic heterocycles. The third-order valence-electron chi connectivity index (χ3n) is 2.68. The average Bonchev–Trinajstić information content (AvgIpc) is 2.44. The lowest BCUT2D eigenvalue weighted by Crippen LogP contribution is -2.15. The summed E-state index contributed by atoms with van der Waals surface area (Å²) in [7, 11) is 0. The molecule has 2 aromatic rings. The lowest BCUT2D eigenvalue weighted by Gasteiger charge is -2.08. The fraction of sp³-hybridized carbons (Fsp3) is 0.133. The first-order valence-corrected chi connectivity index (χ1v) is 7.07.